The minimum Gasteiger partial charge on any atom is -0.369 e. The fourth-order valence-electron chi connectivity index (χ4n) is 0.327. The highest BCUT2D eigenvalue weighted by molar-refractivity contribution is 8.00. The van der Waals surface area contributed by atoms with E-state index in [4.69, 9.17) is 11.5 Å². The second-order valence-corrected chi connectivity index (χ2v) is 3.15. The van der Waals surface area contributed by atoms with Crippen molar-refractivity contribution in [3.05, 3.63) is 0 Å². The van der Waals surface area contributed by atoms with Crippen molar-refractivity contribution in [3.63, 3.8) is 0 Å². The Hall–Kier alpha value is -0.220. The van der Waals surface area contributed by atoms with E-state index in [9.17, 15) is 4.79 Å². The number of hydrogen-bond acceptors (Lipinski definition) is 3. The van der Waals surface area contributed by atoms with Crippen molar-refractivity contribution >= 4 is 17.7 Å². The molecule has 0 aliphatic rings. The zero-order valence-corrected chi connectivity index (χ0v) is 6.28. The van der Waals surface area contributed by atoms with Crippen molar-refractivity contribution in [2.24, 2.45) is 11.5 Å². The average Bonchev–Trinajstić information content (AvgIpc) is 1.82. The molecule has 0 aromatic rings. The van der Waals surface area contributed by atoms with E-state index < -0.39 is 0 Å². The van der Waals surface area contributed by atoms with Crippen LogP contribution in [0.3, 0.4) is 0 Å². The first-order valence-electron chi connectivity index (χ1n) is 2.79. The lowest BCUT2D eigenvalue weighted by Crippen LogP contribution is -2.23. The van der Waals surface area contributed by atoms with Crippen LogP contribution < -0.4 is 11.5 Å². The van der Waals surface area contributed by atoms with Crippen LogP contribution in [-0.4, -0.2) is 23.5 Å². The number of carbonyl (C=O) groups excluding carboxylic acids is 1. The van der Waals surface area contributed by atoms with Crippen LogP contribution in [0.25, 0.3) is 0 Å². The van der Waals surface area contributed by atoms with E-state index in [2.05, 4.69) is 0 Å². The lowest BCUT2D eigenvalue weighted by molar-refractivity contribution is -0.117. The van der Waals surface area contributed by atoms with Crippen LogP contribution in [0.4, 0.5) is 0 Å². The number of nitrogens with two attached hydrogens (primary N) is 2. The topological polar surface area (TPSA) is 69.1 Å². The van der Waals surface area contributed by atoms with E-state index in [-0.39, 0.29) is 11.2 Å². The molecule has 4 heteroatoms. The maximum Gasteiger partial charge on any atom is 0.230 e. The van der Waals surface area contributed by atoms with E-state index in [0.29, 0.717) is 6.54 Å². The Balaban J connectivity index is 3.27. The van der Waals surface area contributed by atoms with Crippen LogP contribution in [-0.2, 0) is 4.79 Å². The van der Waals surface area contributed by atoms with Gasteiger partial charge in [0.2, 0.25) is 5.91 Å². The molecule has 0 saturated carbocycles. The molecule has 4 N–H and O–H groups in total. The zero-order chi connectivity index (χ0) is 7.28. The highest BCUT2D eigenvalue weighted by Crippen LogP contribution is 2.07. The van der Waals surface area contributed by atoms with Crippen molar-refractivity contribution in [1.29, 1.82) is 0 Å². The van der Waals surface area contributed by atoms with Gasteiger partial charge in [-0.05, 0) is 6.92 Å². The second kappa shape index (κ2) is 4.64. The Labute approximate surface area is 59.2 Å². The van der Waals surface area contributed by atoms with Crippen LogP contribution in [0.15, 0.2) is 0 Å². The Kier molecular flexibility index (Phi) is 4.53. The van der Waals surface area contributed by atoms with E-state index >= 15 is 0 Å². The van der Waals surface area contributed by atoms with Gasteiger partial charge >= 0.3 is 0 Å². The summed E-state index contributed by atoms with van der Waals surface area (Å²) in [6, 6.07) is 0. The Morgan fingerprint density at radius 1 is 1.78 bits per heavy atom. The van der Waals surface area contributed by atoms with Crippen molar-refractivity contribution in [2.75, 3.05) is 12.3 Å². The summed E-state index contributed by atoms with van der Waals surface area (Å²) in [5.41, 5.74) is 10.2. The lowest BCUT2D eigenvalue weighted by Gasteiger charge is -2.03. The fourth-order valence-corrected chi connectivity index (χ4v) is 0.981. The number of rotatable bonds is 4. The Bertz CT molecular complexity index is 97.0. The molecular formula is C5H12N2OS. The highest BCUT2D eigenvalue weighted by atomic mass is 32.2. The average molecular weight is 148 g/mol. The molecule has 1 unspecified atom stereocenters. The molecular weight excluding hydrogens is 136 g/mol. The smallest absolute Gasteiger partial charge is 0.230 e. The third-order valence-corrected chi connectivity index (χ3v) is 2.09. The number of carbonyl (C=O) groups is 1. The summed E-state index contributed by atoms with van der Waals surface area (Å²) >= 11 is 1.48. The first-order valence-corrected chi connectivity index (χ1v) is 3.84. The monoisotopic (exact) mass is 148 g/mol. The Morgan fingerprint density at radius 3 is 2.67 bits per heavy atom. The summed E-state index contributed by atoms with van der Waals surface area (Å²) in [5, 5.41) is -0.103. The normalized spacial score (nSPS) is 13.1. The predicted octanol–water partition coefficient (Wildman–Crippen LogP) is -0.448. The molecule has 0 bridgehead atoms. The zero-order valence-electron chi connectivity index (χ0n) is 5.46. The largest absolute Gasteiger partial charge is 0.369 e. The van der Waals surface area contributed by atoms with Crippen molar-refractivity contribution in [3.8, 4) is 0 Å². The molecule has 0 aromatic heterocycles. The lowest BCUT2D eigenvalue weighted by atomic mass is 10.5. The van der Waals surface area contributed by atoms with Crippen LogP contribution >= 0.6 is 11.8 Å². The van der Waals surface area contributed by atoms with Crippen molar-refractivity contribution in [2.45, 2.75) is 12.2 Å². The molecule has 9 heavy (non-hydrogen) atoms. The van der Waals surface area contributed by atoms with Crippen molar-refractivity contribution in [1.82, 2.24) is 0 Å². The van der Waals surface area contributed by atoms with E-state index in [0.717, 1.165) is 5.75 Å². The first-order chi connectivity index (χ1) is 4.18. The van der Waals surface area contributed by atoms with Gasteiger partial charge in [0.1, 0.15) is 0 Å². The summed E-state index contributed by atoms with van der Waals surface area (Å²) in [6.07, 6.45) is 0. The maximum absolute atomic E-state index is 10.4. The minimum atomic E-state index is -0.270. The summed E-state index contributed by atoms with van der Waals surface area (Å²) in [5.74, 6) is 0.526. The van der Waals surface area contributed by atoms with Gasteiger partial charge in [-0.2, -0.15) is 0 Å². The molecule has 0 heterocycles. The summed E-state index contributed by atoms with van der Waals surface area (Å²) in [6.45, 7) is 2.38. The van der Waals surface area contributed by atoms with Crippen molar-refractivity contribution < 1.29 is 4.79 Å². The molecule has 0 rings (SSSR count). The van der Waals surface area contributed by atoms with Crippen LogP contribution in [0.1, 0.15) is 6.92 Å². The third-order valence-electron chi connectivity index (χ3n) is 0.886. The second-order valence-electron chi connectivity index (χ2n) is 1.70. The van der Waals surface area contributed by atoms with Crippen LogP contribution in [0.2, 0.25) is 0 Å². The minimum absolute atomic E-state index is 0.103. The standard InChI is InChI=1S/C5H12N2OS/c1-4(5(7)8)9-3-2-6/h4H,2-3,6H2,1H3,(H2,7,8). The third kappa shape index (κ3) is 4.29. The number of thioether (sulfide) groups is 1. The van der Waals surface area contributed by atoms with Gasteiger partial charge in [0.25, 0.3) is 0 Å². The van der Waals surface area contributed by atoms with Gasteiger partial charge in [-0.1, -0.05) is 0 Å². The molecule has 0 spiro atoms. The molecule has 0 aliphatic heterocycles. The van der Waals surface area contributed by atoms with Gasteiger partial charge in [-0.25, -0.2) is 0 Å². The molecule has 1 atom stereocenters. The molecule has 0 saturated heterocycles. The number of hydrogen-bond donors (Lipinski definition) is 2. The summed E-state index contributed by atoms with van der Waals surface area (Å²) in [4.78, 5) is 10.4. The van der Waals surface area contributed by atoms with Gasteiger partial charge in [0.15, 0.2) is 0 Å². The molecule has 0 radical (unpaired) electrons. The number of primary amides is 1. The SMILES string of the molecule is CC(SCCN)C(N)=O. The maximum atomic E-state index is 10.4. The summed E-state index contributed by atoms with van der Waals surface area (Å²) in [7, 11) is 0. The van der Waals surface area contributed by atoms with Gasteiger partial charge in [0, 0.05) is 12.3 Å². The first kappa shape index (κ1) is 8.78. The Morgan fingerprint density at radius 2 is 2.33 bits per heavy atom. The molecule has 0 fully saturated rings. The highest BCUT2D eigenvalue weighted by Gasteiger charge is 2.06. The summed E-state index contributed by atoms with van der Waals surface area (Å²) < 4.78 is 0. The predicted molar refractivity (Wildman–Crippen MR) is 40.2 cm³/mol. The fraction of sp³-hybridized carbons (Fsp3) is 0.800. The van der Waals surface area contributed by atoms with Gasteiger partial charge in [-0.15, -0.1) is 11.8 Å². The molecule has 3 nitrogen and oxygen atoms in total. The molecule has 1 amide bonds. The van der Waals surface area contributed by atoms with Crippen LogP contribution in [0, 0.1) is 0 Å². The van der Waals surface area contributed by atoms with E-state index in [1.165, 1.54) is 11.8 Å². The molecule has 54 valence electrons. The molecule has 0 aromatic carbocycles. The molecule has 0 aliphatic carbocycles. The van der Waals surface area contributed by atoms with E-state index in [1.54, 1.807) is 6.92 Å². The van der Waals surface area contributed by atoms with Gasteiger partial charge in [-0.3, -0.25) is 4.79 Å². The number of amides is 1. The van der Waals surface area contributed by atoms with Crippen LogP contribution in [0.5, 0.6) is 0 Å². The van der Waals surface area contributed by atoms with E-state index in [1.807, 2.05) is 0 Å². The quantitative estimate of drug-likeness (QED) is 0.567. The van der Waals surface area contributed by atoms with Gasteiger partial charge < -0.3 is 11.5 Å². The van der Waals surface area contributed by atoms with Gasteiger partial charge in [0.05, 0.1) is 5.25 Å².